The molecule has 0 unspecified atom stereocenters. The number of halogens is 4. The highest BCUT2D eigenvalue weighted by Gasteiger charge is 1.91. The molecule has 1 aromatic carbocycles. The normalized spacial score (nSPS) is 9.65. The first-order chi connectivity index (χ1) is 8.13. The summed E-state index contributed by atoms with van der Waals surface area (Å²) in [4.78, 5) is 4.00. The maximum atomic E-state index is 12.0. The number of nitrogens with two attached hydrogens (primary N) is 1. The van der Waals surface area contributed by atoms with Crippen LogP contribution in [0.5, 0.6) is 0 Å². The number of anilines is 1. The monoisotopic (exact) mass is 252 g/mol. The van der Waals surface area contributed by atoms with E-state index in [-0.39, 0.29) is 0 Å². The fourth-order valence-corrected chi connectivity index (χ4v) is 0.799. The molecule has 0 atom stereocenters. The molecule has 17 heavy (non-hydrogen) atoms. The largest absolute Gasteiger partial charge is 0.399 e. The number of hydrogen-bond acceptors (Lipinski definition) is 2. The maximum absolute atomic E-state index is 12.0. The Morgan fingerprint density at radius 2 is 1.53 bits per heavy atom. The standard InChI is InChI=1S/C9H11FN2.CH2F2.CH3F/c1-7(6-10)12-9-4-2-8(11)3-5-9;2-1-3;1-2/h2-5H,6,11H2,1H3;1H2;1H3. The Kier molecular flexibility index (Phi) is 13.1. The second-order valence-electron chi connectivity index (χ2n) is 2.67. The Bertz CT molecular complexity index is 299. The van der Waals surface area contributed by atoms with Gasteiger partial charge in [-0.1, -0.05) is 0 Å². The first-order valence-corrected chi connectivity index (χ1v) is 4.59. The summed E-state index contributed by atoms with van der Waals surface area (Å²) >= 11 is 0. The topological polar surface area (TPSA) is 38.4 Å². The molecule has 0 heterocycles. The quantitative estimate of drug-likeness (QED) is 0.485. The summed E-state index contributed by atoms with van der Waals surface area (Å²) in [7, 11) is 0.500. The molecule has 2 nitrogen and oxygen atoms in total. The van der Waals surface area contributed by atoms with Gasteiger partial charge in [-0.05, 0) is 31.2 Å². The van der Waals surface area contributed by atoms with Crippen molar-refractivity contribution in [1.29, 1.82) is 0 Å². The lowest BCUT2D eigenvalue weighted by molar-refractivity contribution is 0.295. The van der Waals surface area contributed by atoms with Crippen molar-refractivity contribution < 1.29 is 17.6 Å². The molecule has 1 rings (SSSR count). The fourth-order valence-electron chi connectivity index (χ4n) is 0.799. The Labute approximate surface area is 98.2 Å². The minimum absolute atomic E-state index is 0.472. The highest BCUT2D eigenvalue weighted by Crippen LogP contribution is 2.14. The van der Waals surface area contributed by atoms with Crippen LogP contribution in [0, 0.1) is 0 Å². The van der Waals surface area contributed by atoms with Crippen LogP contribution in [0.25, 0.3) is 0 Å². The molecule has 0 aliphatic rings. The molecule has 0 bridgehead atoms. The third-order valence-corrected chi connectivity index (χ3v) is 1.41. The molecular weight excluding hydrogens is 236 g/mol. The van der Waals surface area contributed by atoms with E-state index in [1.807, 2.05) is 0 Å². The lowest BCUT2D eigenvalue weighted by Crippen LogP contribution is -1.91. The van der Waals surface area contributed by atoms with Gasteiger partial charge in [0.05, 0.1) is 12.9 Å². The van der Waals surface area contributed by atoms with Gasteiger partial charge in [0.2, 0.25) is 6.93 Å². The van der Waals surface area contributed by atoms with Gasteiger partial charge in [0.25, 0.3) is 0 Å². The van der Waals surface area contributed by atoms with Crippen molar-refractivity contribution in [3.05, 3.63) is 24.3 Å². The van der Waals surface area contributed by atoms with Crippen molar-refractivity contribution in [2.75, 3.05) is 26.5 Å². The predicted molar refractivity (Wildman–Crippen MR) is 63.7 cm³/mol. The maximum Gasteiger partial charge on any atom is 0.229 e. The van der Waals surface area contributed by atoms with Crippen LogP contribution in [0.2, 0.25) is 0 Å². The first-order valence-electron chi connectivity index (χ1n) is 4.59. The van der Waals surface area contributed by atoms with Crippen LogP contribution in [-0.2, 0) is 0 Å². The number of hydrogen-bond donors (Lipinski definition) is 1. The van der Waals surface area contributed by atoms with E-state index in [1.54, 1.807) is 31.2 Å². The van der Waals surface area contributed by atoms with Gasteiger partial charge < -0.3 is 5.73 Å². The van der Waals surface area contributed by atoms with Crippen LogP contribution in [-0.4, -0.2) is 26.5 Å². The van der Waals surface area contributed by atoms with Crippen molar-refractivity contribution in [3.8, 4) is 0 Å². The minimum Gasteiger partial charge on any atom is -0.399 e. The average molecular weight is 252 g/mol. The second kappa shape index (κ2) is 12.5. The molecule has 0 saturated heterocycles. The molecule has 98 valence electrons. The summed E-state index contributed by atoms with van der Waals surface area (Å²) in [6.45, 7) is -0.610. The van der Waals surface area contributed by atoms with Crippen molar-refractivity contribution in [2.24, 2.45) is 4.99 Å². The van der Waals surface area contributed by atoms with Crippen LogP contribution in [0.1, 0.15) is 6.92 Å². The van der Waals surface area contributed by atoms with Crippen molar-refractivity contribution in [2.45, 2.75) is 6.92 Å². The van der Waals surface area contributed by atoms with E-state index in [0.29, 0.717) is 18.6 Å². The number of alkyl halides is 4. The number of benzene rings is 1. The molecule has 0 spiro atoms. The number of rotatable bonds is 2. The molecule has 6 heteroatoms. The van der Waals surface area contributed by atoms with Crippen LogP contribution in [0.3, 0.4) is 0 Å². The SMILES string of the molecule is CC(CF)=Nc1ccc(N)cc1.CF.FCF. The Morgan fingerprint density at radius 3 is 1.88 bits per heavy atom. The molecule has 1 aromatic rings. The summed E-state index contributed by atoms with van der Waals surface area (Å²) in [5.41, 5.74) is 7.36. The van der Waals surface area contributed by atoms with Gasteiger partial charge in [0, 0.05) is 11.4 Å². The van der Waals surface area contributed by atoms with E-state index in [4.69, 9.17) is 5.73 Å². The van der Waals surface area contributed by atoms with Crippen LogP contribution < -0.4 is 5.73 Å². The van der Waals surface area contributed by atoms with E-state index < -0.39 is 13.6 Å². The third-order valence-electron chi connectivity index (χ3n) is 1.41. The van der Waals surface area contributed by atoms with Gasteiger partial charge in [-0.15, -0.1) is 0 Å². The van der Waals surface area contributed by atoms with Crippen molar-refractivity contribution in [3.63, 3.8) is 0 Å². The lowest BCUT2D eigenvalue weighted by atomic mass is 10.3. The molecule has 0 fully saturated rings. The minimum atomic E-state index is -1.75. The molecule has 0 aliphatic heterocycles. The molecule has 0 aliphatic carbocycles. The van der Waals surface area contributed by atoms with Crippen molar-refractivity contribution >= 4 is 17.1 Å². The molecule has 0 amide bonds. The average Bonchev–Trinajstić information content (AvgIpc) is 2.35. The van der Waals surface area contributed by atoms with E-state index >= 15 is 0 Å². The Hall–Kier alpha value is -1.59. The molecule has 0 radical (unpaired) electrons. The summed E-state index contributed by atoms with van der Waals surface area (Å²) in [6.07, 6.45) is 0. The highest BCUT2D eigenvalue weighted by molar-refractivity contribution is 5.85. The zero-order valence-electron chi connectivity index (χ0n) is 9.76. The summed E-state index contributed by atoms with van der Waals surface area (Å²) in [5, 5.41) is 0. The third kappa shape index (κ3) is 10.7. The Morgan fingerprint density at radius 1 is 1.12 bits per heavy atom. The molecule has 0 saturated carbocycles. The van der Waals surface area contributed by atoms with Crippen molar-refractivity contribution in [1.82, 2.24) is 0 Å². The highest BCUT2D eigenvalue weighted by atomic mass is 19.3. The Balaban J connectivity index is 0. The first kappa shape index (κ1) is 17.8. The van der Waals surface area contributed by atoms with E-state index in [0.717, 1.165) is 5.69 Å². The number of nitrogens with zero attached hydrogens (tertiary/aromatic N) is 1. The van der Waals surface area contributed by atoms with Gasteiger partial charge in [0.1, 0.15) is 6.67 Å². The summed E-state index contributed by atoms with van der Waals surface area (Å²) in [5.74, 6) is 0. The zero-order chi connectivity index (χ0) is 13.7. The number of nitrogen functional groups attached to an aromatic ring is 1. The fraction of sp³-hybridized carbons (Fsp3) is 0.364. The smallest absolute Gasteiger partial charge is 0.229 e. The number of aliphatic imine (C=N–C) groups is 1. The van der Waals surface area contributed by atoms with Gasteiger partial charge in [-0.25, -0.2) is 13.2 Å². The van der Waals surface area contributed by atoms with E-state index in [1.165, 1.54) is 0 Å². The van der Waals surface area contributed by atoms with Crippen LogP contribution in [0.15, 0.2) is 29.3 Å². The van der Waals surface area contributed by atoms with Gasteiger partial charge >= 0.3 is 0 Å². The van der Waals surface area contributed by atoms with Crippen LogP contribution >= 0.6 is 0 Å². The van der Waals surface area contributed by atoms with Crippen LogP contribution in [0.4, 0.5) is 28.9 Å². The van der Waals surface area contributed by atoms with E-state index in [2.05, 4.69) is 4.99 Å². The second-order valence-corrected chi connectivity index (χ2v) is 2.67. The van der Waals surface area contributed by atoms with Gasteiger partial charge in [-0.3, -0.25) is 9.38 Å². The van der Waals surface area contributed by atoms with E-state index in [9.17, 15) is 17.6 Å². The molecule has 0 aromatic heterocycles. The lowest BCUT2D eigenvalue weighted by Gasteiger charge is -1.96. The molecular formula is C11H16F4N2. The predicted octanol–water partition coefficient (Wildman–Crippen LogP) is 3.80. The zero-order valence-corrected chi connectivity index (χ0v) is 9.76. The summed E-state index contributed by atoms with van der Waals surface area (Å²) in [6, 6.07) is 7.00. The summed E-state index contributed by atoms with van der Waals surface area (Å²) < 4.78 is 40.7. The molecule has 2 N–H and O–H groups in total. The van der Waals surface area contributed by atoms with Gasteiger partial charge in [0.15, 0.2) is 0 Å². The van der Waals surface area contributed by atoms with Gasteiger partial charge in [-0.2, -0.15) is 0 Å².